The molecular formula is C11H16N2O. The summed E-state index contributed by atoms with van der Waals surface area (Å²) in [7, 11) is 0. The zero-order chi connectivity index (χ0) is 9.43. The summed E-state index contributed by atoms with van der Waals surface area (Å²) >= 11 is 0. The van der Waals surface area contributed by atoms with E-state index >= 15 is 0 Å². The number of imidazole rings is 1. The molecule has 1 atom stereocenters. The Kier molecular flexibility index (Phi) is 1.87. The Balaban J connectivity index is 1.75. The van der Waals surface area contributed by atoms with Crippen LogP contribution in [0.2, 0.25) is 0 Å². The minimum atomic E-state index is 0.243. The lowest BCUT2D eigenvalue weighted by atomic mass is 9.74. The molecular weight excluding hydrogens is 176 g/mol. The van der Waals surface area contributed by atoms with Crippen LogP contribution in [-0.2, 0) is 4.74 Å². The lowest BCUT2D eigenvalue weighted by molar-refractivity contribution is -0.140. The van der Waals surface area contributed by atoms with Gasteiger partial charge in [0.15, 0.2) is 0 Å². The van der Waals surface area contributed by atoms with Crippen molar-refractivity contribution in [1.29, 1.82) is 0 Å². The normalized spacial score (nSPS) is 30.1. The lowest BCUT2D eigenvalue weighted by Crippen LogP contribution is -2.45. The fourth-order valence-electron chi connectivity index (χ4n) is 2.66. The molecule has 2 heterocycles. The minimum Gasteiger partial charge on any atom is -0.375 e. The largest absolute Gasteiger partial charge is 0.375 e. The highest BCUT2D eigenvalue weighted by Crippen LogP contribution is 2.45. The van der Waals surface area contributed by atoms with Crippen molar-refractivity contribution in [2.45, 2.75) is 43.7 Å². The van der Waals surface area contributed by atoms with E-state index in [2.05, 4.69) is 15.7 Å². The summed E-state index contributed by atoms with van der Waals surface area (Å²) in [5.74, 6) is 0. The van der Waals surface area contributed by atoms with Gasteiger partial charge < -0.3 is 9.30 Å². The maximum atomic E-state index is 5.90. The summed E-state index contributed by atoms with van der Waals surface area (Å²) < 4.78 is 8.13. The first-order chi connectivity index (χ1) is 6.88. The Morgan fingerprint density at radius 1 is 1.43 bits per heavy atom. The van der Waals surface area contributed by atoms with Gasteiger partial charge in [-0.2, -0.15) is 0 Å². The van der Waals surface area contributed by atoms with Gasteiger partial charge in [-0.1, -0.05) is 0 Å². The van der Waals surface area contributed by atoms with E-state index < -0.39 is 0 Å². The quantitative estimate of drug-likeness (QED) is 0.681. The van der Waals surface area contributed by atoms with E-state index in [4.69, 9.17) is 4.74 Å². The molecule has 3 heteroatoms. The third-order valence-corrected chi connectivity index (χ3v) is 3.68. The van der Waals surface area contributed by atoms with Crippen molar-refractivity contribution in [1.82, 2.24) is 9.55 Å². The van der Waals surface area contributed by atoms with Gasteiger partial charge in [-0.3, -0.25) is 0 Å². The first-order valence-electron chi connectivity index (χ1n) is 5.49. The maximum Gasteiger partial charge on any atom is 0.0948 e. The molecule has 1 saturated carbocycles. The van der Waals surface area contributed by atoms with E-state index in [0.29, 0.717) is 6.04 Å². The van der Waals surface area contributed by atoms with E-state index in [1.807, 2.05) is 12.5 Å². The highest BCUT2D eigenvalue weighted by atomic mass is 16.5. The van der Waals surface area contributed by atoms with Crippen molar-refractivity contribution in [3.63, 3.8) is 0 Å². The van der Waals surface area contributed by atoms with Crippen LogP contribution < -0.4 is 0 Å². The molecule has 0 amide bonds. The predicted molar refractivity (Wildman–Crippen MR) is 53.0 cm³/mol. The zero-order valence-electron chi connectivity index (χ0n) is 8.35. The van der Waals surface area contributed by atoms with Crippen molar-refractivity contribution in [3.05, 3.63) is 18.7 Å². The molecule has 2 fully saturated rings. The van der Waals surface area contributed by atoms with Crippen LogP contribution in [-0.4, -0.2) is 21.8 Å². The highest BCUT2D eigenvalue weighted by Gasteiger charge is 2.42. The number of hydrogen-bond donors (Lipinski definition) is 0. The number of nitrogens with zero attached hydrogens (tertiary/aromatic N) is 2. The fourth-order valence-corrected chi connectivity index (χ4v) is 2.66. The van der Waals surface area contributed by atoms with E-state index in [1.165, 1.54) is 25.7 Å². The summed E-state index contributed by atoms with van der Waals surface area (Å²) in [6, 6.07) is 0.617. The Labute approximate surface area is 84.1 Å². The van der Waals surface area contributed by atoms with Gasteiger partial charge in [0, 0.05) is 25.0 Å². The van der Waals surface area contributed by atoms with Crippen LogP contribution in [0, 0.1) is 0 Å². The highest BCUT2D eigenvalue weighted by molar-refractivity contribution is 4.96. The number of rotatable bonds is 1. The van der Waals surface area contributed by atoms with E-state index in [0.717, 1.165) is 13.0 Å². The molecule has 0 N–H and O–H groups in total. The van der Waals surface area contributed by atoms with Crippen LogP contribution in [0.15, 0.2) is 18.7 Å². The first kappa shape index (κ1) is 8.48. The SMILES string of the molecule is c1cn(C2CCOC3(CCC3)C2)cn1. The molecule has 0 aromatic carbocycles. The lowest BCUT2D eigenvalue weighted by Gasteiger charge is -2.47. The van der Waals surface area contributed by atoms with Crippen molar-refractivity contribution in [2.24, 2.45) is 0 Å². The molecule has 0 radical (unpaired) electrons. The van der Waals surface area contributed by atoms with Gasteiger partial charge in [-0.25, -0.2) is 4.98 Å². The first-order valence-corrected chi connectivity index (χ1v) is 5.49. The third-order valence-electron chi connectivity index (χ3n) is 3.68. The van der Waals surface area contributed by atoms with Gasteiger partial charge in [0.2, 0.25) is 0 Å². The molecule has 3 nitrogen and oxygen atoms in total. The van der Waals surface area contributed by atoms with Crippen molar-refractivity contribution >= 4 is 0 Å². The van der Waals surface area contributed by atoms with Gasteiger partial charge in [-0.15, -0.1) is 0 Å². The number of ether oxygens (including phenoxy) is 1. The smallest absolute Gasteiger partial charge is 0.0948 e. The molecule has 1 aliphatic carbocycles. The van der Waals surface area contributed by atoms with Gasteiger partial charge in [0.1, 0.15) is 0 Å². The van der Waals surface area contributed by atoms with Crippen molar-refractivity contribution in [3.8, 4) is 0 Å². The molecule has 1 spiro atoms. The molecule has 0 bridgehead atoms. The van der Waals surface area contributed by atoms with Crippen LogP contribution in [0.1, 0.15) is 38.1 Å². The third kappa shape index (κ3) is 1.27. The second-order valence-corrected chi connectivity index (χ2v) is 4.54. The van der Waals surface area contributed by atoms with Gasteiger partial charge in [0.05, 0.1) is 11.9 Å². The van der Waals surface area contributed by atoms with Gasteiger partial charge >= 0.3 is 0 Å². The summed E-state index contributed by atoms with van der Waals surface area (Å²) in [5, 5.41) is 0. The molecule has 76 valence electrons. The summed E-state index contributed by atoms with van der Waals surface area (Å²) in [5.41, 5.74) is 0.243. The average Bonchev–Trinajstić information content (AvgIpc) is 2.68. The van der Waals surface area contributed by atoms with E-state index in [1.54, 1.807) is 0 Å². The topological polar surface area (TPSA) is 27.1 Å². The molecule has 1 aliphatic heterocycles. The van der Waals surface area contributed by atoms with Crippen LogP contribution in [0.4, 0.5) is 0 Å². The van der Waals surface area contributed by atoms with Crippen LogP contribution >= 0.6 is 0 Å². The molecule has 1 aromatic rings. The monoisotopic (exact) mass is 192 g/mol. The second-order valence-electron chi connectivity index (χ2n) is 4.54. The second kappa shape index (κ2) is 3.09. The molecule has 2 aliphatic rings. The Hall–Kier alpha value is -0.830. The fraction of sp³-hybridized carbons (Fsp3) is 0.727. The van der Waals surface area contributed by atoms with Gasteiger partial charge in [-0.05, 0) is 32.1 Å². The van der Waals surface area contributed by atoms with E-state index in [-0.39, 0.29) is 5.60 Å². The van der Waals surface area contributed by atoms with Gasteiger partial charge in [0.25, 0.3) is 0 Å². The maximum absolute atomic E-state index is 5.90. The Morgan fingerprint density at radius 3 is 3.00 bits per heavy atom. The molecule has 14 heavy (non-hydrogen) atoms. The standard InChI is InChI=1S/C11H16N2O/c1-3-11(4-1)8-10(2-7-14-11)13-6-5-12-9-13/h5-6,9-10H,1-4,7-8H2. The van der Waals surface area contributed by atoms with Crippen molar-refractivity contribution < 1.29 is 4.74 Å². The number of hydrogen-bond acceptors (Lipinski definition) is 2. The minimum absolute atomic E-state index is 0.243. The van der Waals surface area contributed by atoms with E-state index in [9.17, 15) is 0 Å². The zero-order valence-corrected chi connectivity index (χ0v) is 8.35. The Morgan fingerprint density at radius 2 is 2.36 bits per heavy atom. The van der Waals surface area contributed by atoms with Crippen LogP contribution in [0.5, 0.6) is 0 Å². The van der Waals surface area contributed by atoms with Crippen LogP contribution in [0.25, 0.3) is 0 Å². The molecule has 1 aromatic heterocycles. The molecule has 1 unspecified atom stereocenters. The molecule has 1 saturated heterocycles. The summed E-state index contributed by atoms with van der Waals surface area (Å²) in [4.78, 5) is 4.11. The van der Waals surface area contributed by atoms with Crippen molar-refractivity contribution in [2.75, 3.05) is 6.61 Å². The predicted octanol–water partition coefficient (Wildman–Crippen LogP) is 2.16. The molecule has 3 rings (SSSR count). The average molecular weight is 192 g/mol. The summed E-state index contributed by atoms with van der Waals surface area (Å²) in [6.07, 6.45) is 12.1. The Bertz CT molecular complexity index is 303. The number of aromatic nitrogens is 2. The summed E-state index contributed by atoms with van der Waals surface area (Å²) in [6.45, 7) is 0.919. The van der Waals surface area contributed by atoms with Crippen LogP contribution in [0.3, 0.4) is 0 Å².